The molecule has 0 N–H and O–H groups in total. The normalized spacial score (nSPS) is 18.8. The molecule has 0 radical (unpaired) electrons. The number of hydrogen-bond donors (Lipinski definition) is 0. The third kappa shape index (κ3) is 2.39. The van der Waals surface area contributed by atoms with Crippen LogP contribution >= 0.6 is 11.6 Å². The molecule has 0 amide bonds. The van der Waals surface area contributed by atoms with Crippen LogP contribution in [0, 0.1) is 0 Å². The van der Waals surface area contributed by atoms with E-state index in [9.17, 15) is 0 Å². The standard InChI is InChI=1S/C15H15ClN6/c16-11-3-4-13-14(6-11)18-9-19-15(13)21-5-1-2-12(7-21)22-10-17-8-20-22/h3-4,6,8-10,12H,1-2,5,7H2. The fourth-order valence-corrected chi connectivity index (χ4v) is 3.20. The molecule has 1 atom stereocenters. The summed E-state index contributed by atoms with van der Waals surface area (Å²) in [5.41, 5.74) is 0.875. The van der Waals surface area contributed by atoms with Gasteiger partial charge in [0.15, 0.2) is 0 Å². The van der Waals surface area contributed by atoms with E-state index in [-0.39, 0.29) is 0 Å². The second-order valence-electron chi connectivity index (χ2n) is 5.48. The maximum atomic E-state index is 6.05. The molecule has 3 aromatic rings. The van der Waals surface area contributed by atoms with Crippen LogP contribution < -0.4 is 4.90 Å². The molecule has 0 saturated carbocycles. The fraction of sp³-hybridized carbons (Fsp3) is 0.333. The number of nitrogens with zero attached hydrogens (tertiary/aromatic N) is 6. The lowest BCUT2D eigenvalue weighted by Crippen LogP contribution is -2.37. The van der Waals surface area contributed by atoms with Gasteiger partial charge in [0.1, 0.15) is 24.8 Å². The van der Waals surface area contributed by atoms with Gasteiger partial charge in [0, 0.05) is 23.5 Å². The van der Waals surface area contributed by atoms with Gasteiger partial charge in [0.25, 0.3) is 0 Å². The molecular formula is C15H15ClN6. The number of rotatable bonds is 2. The lowest BCUT2D eigenvalue weighted by molar-refractivity contribution is 0.374. The number of hydrogen-bond acceptors (Lipinski definition) is 5. The van der Waals surface area contributed by atoms with Gasteiger partial charge < -0.3 is 4.90 Å². The van der Waals surface area contributed by atoms with E-state index in [0.717, 1.165) is 42.7 Å². The zero-order chi connectivity index (χ0) is 14.9. The van der Waals surface area contributed by atoms with Gasteiger partial charge in [-0.05, 0) is 31.0 Å². The molecule has 1 aliphatic heterocycles. The van der Waals surface area contributed by atoms with Crippen molar-refractivity contribution in [2.45, 2.75) is 18.9 Å². The highest BCUT2D eigenvalue weighted by Crippen LogP contribution is 2.29. The monoisotopic (exact) mass is 314 g/mol. The van der Waals surface area contributed by atoms with Crippen LogP contribution in [-0.2, 0) is 0 Å². The van der Waals surface area contributed by atoms with Crippen molar-refractivity contribution in [1.29, 1.82) is 0 Å². The molecule has 1 aliphatic rings. The molecule has 112 valence electrons. The summed E-state index contributed by atoms with van der Waals surface area (Å²) in [5, 5.41) is 6.00. The van der Waals surface area contributed by atoms with Gasteiger partial charge in [-0.15, -0.1) is 0 Å². The third-order valence-electron chi connectivity index (χ3n) is 4.08. The molecule has 1 fully saturated rings. The molecule has 2 aromatic heterocycles. The predicted molar refractivity (Wildman–Crippen MR) is 85.1 cm³/mol. The summed E-state index contributed by atoms with van der Waals surface area (Å²) in [7, 11) is 0. The van der Waals surface area contributed by atoms with E-state index in [2.05, 4.69) is 25.0 Å². The minimum absolute atomic E-state index is 0.327. The van der Waals surface area contributed by atoms with E-state index in [4.69, 9.17) is 11.6 Å². The highest BCUT2D eigenvalue weighted by Gasteiger charge is 2.24. The van der Waals surface area contributed by atoms with Crippen LogP contribution in [0.4, 0.5) is 5.82 Å². The Kier molecular flexibility index (Phi) is 3.38. The van der Waals surface area contributed by atoms with Crippen molar-refractivity contribution < 1.29 is 0 Å². The van der Waals surface area contributed by atoms with Gasteiger partial charge in [0.05, 0.1) is 11.6 Å². The Hall–Kier alpha value is -2.21. The number of aromatic nitrogens is 5. The minimum Gasteiger partial charge on any atom is -0.354 e. The van der Waals surface area contributed by atoms with Crippen LogP contribution in [0.2, 0.25) is 5.02 Å². The van der Waals surface area contributed by atoms with Gasteiger partial charge in [0.2, 0.25) is 0 Å². The summed E-state index contributed by atoms with van der Waals surface area (Å²) >= 11 is 6.05. The summed E-state index contributed by atoms with van der Waals surface area (Å²) in [6.07, 6.45) is 7.18. The van der Waals surface area contributed by atoms with Gasteiger partial charge in [-0.1, -0.05) is 11.6 Å². The van der Waals surface area contributed by atoms with E-state index in [1.807, 2.05) is 22.9 Å². The van der Waals surface area contributed by atoms with Crippen LogP contribution in [-0.4, -0.2) is 37.8 Å². The number of piperidine rings is 1. The zero-order valence-electron chi connectivity index (χ0n) is 11.9. The summed E-state index contributed by atoms with van der Waals surface area (Å²) in [6.45, 7) is 1.86. The minimum atomic E-state index is 0.327. The third-order valence-corrected chi connectivity index (χ3v) is 4.32. The Balaban J connectivity index is 1.69. The number of halogens is 1. The van der Waals surface area contributed by atoms with Crippen LogP contribution in [0.3, 0.4) is 0 Å². The average molecular weight is 315 g/mol. The Morgan fingerprint density at radius 2 is 2.14 bits per heavy atom. The van der Waals surface area contributed by atoms with E-state index < -0.39 is 0 Å². The lowest BCUT2D eigenvalue weighted by Gasteiger charge is -2.33. The quantitative estimate of drug-likeness (QED) is 0.728. The maximum absolute atomic E-state index is 6.05. The van der Waals surface area contributed by atoms with Crippen LogP contribution in [0.1, 0.15) is 18.9 Å². The van der Waals surface area contributed by atoms with Crippen molar-refractivity contribution >= 4 is 28.3 Å². The first-order valence-corrected chi connectivity index (χ1v) is 7.68. The van der Waals surface area contributed by atoms with Gasteiger partial charge >= 0.3 is 0 Å². The molecule has 4 rings (SSSR count). The van der Waals surface area contributed by atoms with Crippen LogP contribution in [0.5, 0.6) is 0 Å². The molecule has 7 heteroatoms. The Labute approximate surface area is 132 Å². The van der Waals surface area contributed by atoms with Gasteiger partial charge in [-0.25, -0.2) is 19.6 Å². The second-order valence-corrected chi connectivity index (χ2v) is 5.91. The molecule has 0 bridgehead atoms. The zero-order valence-corrected chi connectivity index (χ0v) is 12.7. The first kappa shape index (κ1) is 13.5. The maximum Gasteiger partial charge on any atom is 0.139 e. The van der Waals surface area contributed by atoms with Gasteiger partial charge in [-0.2, -0.15) is 5.10 Å². The van der Waals surface area contributed by atoms with E-state index in [1.54, 1.807) is 19.0 Å². The van der Waals surface area contributed by atoms with Crippen molar-refractivity contribution in [3.8, 4) is 0 Å². The molecule has 1 aromatic carbocycles. The highest BCUT2D eigenvalue weighted by molar-refractivity contribution is 6.31. The second kappa shape index (κ2) is 5.53. The molecule has 6 nitrogen and oxygen atoms in total. The predicted octanol–water partition coefficient (Wildman–Crippen LogP) is 2.72. The number of anilines is 1. The van der Waals surface area contributed by atoms with Crippen LogP contribution in [0.25, 0.3) is 10.9 Å². The van der Waals surface area contributed by atoms with E-state index >= 15 is 0 Å². The van der Waals surface area contributed by atoms with Crippen molar-refractivity contribution in [1.82, 2.24) is 24.7 Å². The topological polar surface area (TPSA) is 59.7 Å². The molecule has 0 aliphatic carbocycles. The largest absolute Gasteiger partial charge is 0.354 e. The average Bonchev–Trinajstić information content (AvgIpc) is 3.08. The number of fused-ring (bicyclic) bond motifs is 1. The van der Waals surface area contributed by atoms with E-state index in [0.29, 0.717) is 11.1 Å². The summed E-state index contributed by atoms with van der Waals surface area (Å²) in [5.74, 6) is 0.964. The number of benzene rings is 1. The first-order valence-electron chi connectivity index (χ1n) is 7.30. The van der Waals surface area contributed by atoms with Crippen molar-refractivity contribution in [3.63, 3.8) is 0 Å². The SMILES string of the molecule is Clc1ccc2c(N3CCCC(n4cncn4)C3)ncnc2c1. The summed E-state index contributed by atoms with van der Waals surface area (Å²) in [6, 6.07) is 6.08. The van der Waals surface area contributed by atoms with Gasteiger partial charge in [-0.3, -0.25) is 0 Å². The molecule has 3 heterocycles. The fourth-order valence-electron chi connectivity index (χ4n) is 3.04. The van der Waals surface area contributed by atoms with Crippen molar-refractivity contribution in [3.05, 3.63) is 42.2 Å². The molecule has 1 saturated heterocycles. The Morgan fingerprint density at radius 1 is 1.18 bits per heavy atom. The molecule has 22 heavy (non-hydrogen) atoms. The van der Waals surface area contributed by atoms with Crippen molar-refractivity contribution in [2.75, 3.05) is 18.0 Å². The molecule has 1 unspecified atom stereocenters. The summed E-state index contributed by atoms with van der Waals surface area (Å²) < 4.78 is 1.94. The lowest BCUT2D eigenvalue weighted by atomic mass is 10.1. The molecular weight excluding hydrogens is 300 g/mol. The van der Waals surface area contributed by atoms with Crippen LogP contribution in [0.15, 0.2) is 37.2 Å². The Morgan fingerprint density at radius 3 is 3.00 bits per heavy atom. The molecule has 0 spiro atoms. The Bertz CT molecular complexity index is 788. The first-order chi connectivity index (χ1) is 10.8. The van der Waals surface area contributed by atoms with E-state index in [1.165, 1.54) is 0 Å². The summed E-state index contributed by atoms with van der Waals surface area (Å²) in [4.78, 5) is 15.2. The smallest absolute Gasteiger partial charge is 0.139 e. The highest BCUT2D eigenvalue weighted by atomic mass is 35.5. The van der Waals surface area contributed by atoms with Crippen molar-refractivity contribution in [2.24, 2.45) is 0 Å².